The van der Waals surface area contributed by atoms with Crippen LogP contribution in [-0.4, -0.2) is 78.9 Å². The molecule has 1 aliphatic carbocycles. The van der Waals surface area contributed by atoms with Crippen LogP contribution >= 0.6 is 0 Å². The molecule has 0 spiro atoms. The van der Waals surface area contributed by atoms with Crippen molar-refractivity contribution in [1.29, 1.82) is 0 Å². The van der Waals surface area contributed by atoms with Gasteiger partial charge in [-0.2, -0.15) is 0 Å². The molecular formula is C22H41N3O. The van der Waals surface area contributed by atoms with Crippen LogP contribution in [0, 0.1) is 23.7 Å². The van der Waals surface area contributed by atoms with Gasteiger partial charge in [0.05, 0.1) is 0 Å². The van der Waals surface area contributed by atoms with Crippen LogP contribution in [0.5, 0.6) is 0 Å². The van der Waals surface area contributed by atoms with Crippen LogP contribution in [0.25, 0.3) is 0 Å². The minimum Gasteiger partial charge on any atom is -0.303 e. The van der Waals surface area contributed by atoms with Gasteiger partial charge >= 0.3 is 0 Å². The van der Waals surface area contributed by atoms with Crippen molar-refractivity contribution in [2.75, 3.05) is 52.4 Å². The zero-order valence-electron chi connectivity index (χ0n) is 17.6. The van der Waals surface area contributed by atoms with E-state index in [9.17, 15) is 4.79 Å². The molecule has 3 aliphatic rings. The van der Waals surface area contributed by atoms with Gasteiger partial charge in [-0.3, -0.25) is 9.69 Å². The number of carbonyl (C=O) groups is 1. The molecule has 3 rings (SSSR count). The van der Waals surface area contributed by atoms with Crippen molar-refractivity contribution in [3.63, 3.8) is 0 Å². The number of rotatable bonds is 8. The molecule has 2 atom stereocenters. The van der Waals surface area contributed by atoms with E-state index in [2.05, 4.69) is 28.5 Å². The van der Waals surface area contributed by atoms with E-state index in [-0.39, 0.29) is 5.92 Å². The molecular weight excluding hydrogens is 322 g/mol. The number of carbonyl (C=O) groups excluding carboxylic acids is 1. The molecule has 0 aromatic rings. The highest BCUT2D eigenvalue weighted by atomic mass is 16.1. The zero-order valence-corrected chi connectivity index (χ0v) is 17.6. The molecule has 4 heteroatoms. The molecule has 2 aliphatic heterocycles. The van der Waals surface area contributed by atoms with Gasteiger partial charge in [-0.15, -0.1) is 0 Å². The van der Waals surface area contributed by atoms with Gasteiger partial charge in [0.25, 0.3) is 0 Å². The van der Waals surface area contributed by atoms with E-state index in [1.807, 2.05) is 13.8 Å². The second-order valence-corrected chi connectivity index (χ2v) is 9.77. The Morgan fingerprint density at radius 3 is 2.00 bits per heavy atom. The maximum absolute atomic E-state index is 12.0. The fraction of sp³-hybridized carbons (Fsp3) is 0.955. The highest BCUT2D eigenvalue weighted by molar-refractivity contribution is 5.80. The second kappa shape index (κ2) is 9.16. The third kappa shape index (κ3) is 5.30. The summed E-state index contributed by atoms with van der Waals surface area (Å²) in [5.41, 5.74) is 0. The predicted molar refractivity (Wildman–Crippen MR) is 108 cm³/mol. The lowest BCUT2D eigenvalue weighted by atomic mass is 9.94. The summed E-state index contributed by atoms with van der Waals surface area (Å²) in [5, 5.41) is 0. The van der Waals surface area contributed by atoms with Gasteiger partial charge in [-0.1, -0.05) is 13.8 Å². The Balaban J connectivity index is 1.29. The van der Waals surface area contributed by atoms with E-state index in [0.717, 1.165) is 18.3 Å². The molecule has 2 heterocycles. The molecule has 1 saturated carbocycles. The first-order chi connectivity index (χ1) is 12.4. The predicted octanol–water partition coefficient (Wildman–Crippen LogP) is 2.98. The number of fused-ring (bicyclic) bond motifs is 1. The zero-order chi connectivity index (χ0) is 18.7. The number of Topliss-reactive ketones (excluding diaryl/α,β-unsaturated/α-hetero) is 1. The average Bonchev–Trinajstić information content (AvgIpc) is 3.13. The summed E-state index contributed by atoms with van der Waals surface area (Å²) >= 11 is 0. The minimum atomic E-state index is 0.217. The van der Waals surface area contributed by atoms with Crippen molar-refractivity contribution in [2.24, 2.45) is 23.7 Å². The van der Waals surface area contributed by atoms with Crippen molar-refractivity contribution >= 4 is 5.78 Å². The Morgan fingerprint density at radius 2 is 1.46 bits per heavy atom. The summed E-state index contributed by atoms with van der Waals surface area (Å²) in [4.78, 5) is 20.0. The van der Waals surface area contributed by atoms with Gasteiger partial charge in [0.1, 0.15) is 5.78 Å². The first-order valence-electron chi connectivity index (χ1n) is 11.1. The molecule has 0 bridgehead atoms. The van der Waals surface area contributed by atoms with Gasteiger partial charge in [0.15, 0.2) is 0 Å². The summed E-state index contributed by atoms with van der Waals surface area (Å²) in [6, 6.07) is 0.695. The van der Waals surface area contributed by atoms with Crippen LogP contribution in [0.3, 0.4) is 0 Å². The Bertz CT molecular complexity index is 442. The highest BCUT2D eigenvalue weighted by Crippen LogP contribution is 2.43. The second-order valence-electron chi connectivity index (χ2n) is 9.77. The lowest BCUT2D eigenvalue weighted by Gasteiger charge is -2.37. The van der Waals surface area contributed by atoms with E-state index in [0.29, 0.717) is 17.7 Å². The van der Waals surface area contributed by atoms with Crippen molar-refractivity contribution in [1.82, 2.24) is 14.7 Å². The Morgan fingerprint density at radius 1 is 0.885 bits per heavy atom. The number of piperazine rings is 1. The van der Waals surface area contributed by atoms with E-state index in [4.69, 9.17) is 0 Å². The van der Waals surface area contributed by atoms with Gasteiger partial charge in [-0.25, -0.2) is 0 Å². The van der Waals surface area contributed by atoms with E-state index < -0.39 is 0 Å². The van der Waals surface area contributed by atoms with E-state index in [1.54, 1.807) is 0 Å². The lowest BCUT2D eigenvalue weighted by molar-refractivity contribution is -0.122. The smallest absolute Gasteiger partial charge is 0.135 e. The Labute approximate surface area is 161 Å². The van der Waals surface area contributed by atoms with Crippen molar-refractivity contribution in [3.8, 4) is 0 Å². The van der Waals surface area contributed by atoms with Gasteiger partial charge in [-0.05, 0) is 64.0 Å². The first kappa shape index (κ1) is 20.3. The molecule has 26 heavy (non-hydrogen) atoms. The summed E-state index contributed by atoms with van der Waals surface area (Å²) < 4.78 is 0. The monoisotopic (exact) mass is 363 g/mol. The number of ketones is 1. The maximum atomic E-state index is 12.0. The molecule has 2 saturated heterocycles. The van der Waals surface area contributed by atoms with E-state index in [1.165, 1.54) is 71.6 Å². The van der Waals surface area contributed by atoms with Crippen LogP contribution in [0.1, 0.15) is 53.4 Å². The van der Waals surface area contributed by atoms with Gasteiger partial charge in [0.2, 0.25) is 0 Å². The third-order valence-electron chi connectivity index (χ3n) is 7.14. The topological polar surface area (TPSA) is 26.8 Å². The molecule has 0 amide bonds. The Hall–Kier alpha value is -0.450. The van der Waals surface area contributed by atoms with Crippen LogP contribution < -0.4 is 0 Å². The Kier molecular flexibility index (Phi) is 7.15. The molecule has 0 aromatic carbocycles. The van der Waals surface area contributed by atoms with Gasteiger partial charge in [0, 0.05) is 57.6 Å². The average molecular weight is 364 g/mol. The third-order valence-corrected chi connectivity index (χ3v) is 7.14. The van der Waals surface area contributed by atoms with Crippen molar-refractivity contribution in [3.05, 3.63) is 0 Å². The SMILES string of the molecule is CC(C)C(=O)CC1CC2CN(CCCN3CCN(C(C)C)CC3)CC2C1. The largest absolute Gasteiger partial charge is 0.303 e. The molecule has 0 aromatic heterocycles. The number of likely N-dealkylation sites (tertiary alicyclic amines) is 1. The van der Waals surface area contributed by atoms with Gasteiger partial charge < -0.3 is 9.80 Å². The summed E-state index contributed by atoms with van der Waals surface area (Å²) in [7, 11) is 0. The number of nitrogens with zero attached hydrogens (tertiary/aromatic N) is 3. The number of hydrogen-bond donors (Lipinski definition) is 0. The molecule has 3 fully saturated rings. The molecule has 0 N–H and O–H groups in total. The quantitative estimate of drug-likeness (QED) is 0.662. The molecule has 2 unspecified atom stereocenters. The summed E-state index contributed by atoms with van der Waals surface area (Å²) in [6.45, 7) is 18.8. The highest BCUT2D eigenvalue weighted by Gasteiger charge is 2.41. The normalized spacial score (nSPS) is 31.2. The number of hydrogen-bond acceptors (Lipinski definition) is 4. The molecule has 4 nitrogen and oxygen atoms in total. The van der Waals surface area contributed by atoms with Crippen LogP contribution in [0.2, 0.25) is 0 Å². The summed E-state index contributed by atoms with van der Waals surface area (Å²) in [6.07, 6.45) is 4.76. The fourth-order valence-corrected chi connectivity index (χ4v) is 5.41. The molecule has 150 valence electrons. The van der Waals surface area contributed by atoms with Crippen LogP contribution in [0.15, 0.2) is 0 Å². The fourth-order valence-electron chi connectivity index (χ4n) is 5.41. The molecule has 0 radical (unpaired) electrons. The maximum Gasteiger partial charge on any atom is 0.135 e. The summed E-state index contributed by atoms with van der Waals surface area (Å²) in [5.74, 6) is 3.11. The van der Waals surface area contributed by atoms with Crippen molar-refractivity contribution in [2.45, 2.75) is 59.4 Å². The standard InChI is InChI=1S/C22H41N3O/c1-17(2)22(26)14-19-12-20-15-24(16-21(20)13-19)7-5-6-23-8-10-25(11-9-23)18(3)4/h17-21H,5-16H2,1-4H3. The van der Waals surface area contributed by atoms with Crippen molar-refractivity contribution < 1.29 is 4.79 Å². The van der Waals surface area contributed by atoms with E-state index >= 15 is 0 Å². The van der Waals surface area contributed by atoms with Crippen LogP contribution in [0.4, 0.5) is 0 Å². The minimum absolute atomic E-state index is 0.217. The van der Waals surface area contributed by atoms with Crippen LogP contribution in [-0.2, 0) is 4.79 Å². The first-order valence-corrected chi connectivity index (χ1v) is 11.1. The lowest BCUT2D eigenvalue weighted by Crippen LogP contribution is -2.49.